The standard InChI is InChI=1S/C14H25N3O2S2/c1-11(10-20-4)17(3)21(18,19)14-7-13(16(2)9-14)8-15-12-5-6-12/h7,9,11-12,15H,5-6,8,10H2,1-4H3. The van der Waals surface area contributed by atoms with E-state index in [2.05, 4.69) is 5.32 Å². The summed E-state index contributed by atoms with van der Waals surface area (Å²) < 4.78 is 28.7. The van der Waals surface area contributed by atoms with Crippen molar-refractivity contribution in [1.82, 2.24) is 14.2 Å². The number of thioether (sulfide) groups is 1. The van der Waals surface area contributed by atoms with Crippen molar-refractivity contribution >= 4 is 21.8 Å². The molecule has 120 valence electrons. The lowest BCUT2D eigenvalue weighted by atomic mass is 10.4. The highest BCUT2D eigenvalue weighted by atomic mass is 32.2. The third-order valence-corrected chi connectivity index (χ3v) is 6.69. The Morgan fingerprint density at radius 2 is 2.19 bits per heavy atom. The summed E-state index contributed by atoms with van der Waals surface area (Å²) in [5.41, 5.74) is 1.01. The van der Waals surface area contributed by atoms with E-state index in [9.17, 15) is 8.42 Å². The second kappa shape index (κ2) is 6.73. The third kappa shape index (κ3) is 4.03. The van der Waals surface area contributed by atoms with Crippen molar-refractivity contribution in [3.63, 3.8) is 0 Å². The van der Waals surface area contributed by atoms with Crippen LogP contribution in [0.4, 0.5) is 0 Å². The van der Waals surface area contributed by atoms with Crippen LogP contribution in [0.3, 0.4) is 0 Å². The van der Waals surface area contributed by atoms with Crippen molar-refractivity contribution < 1.29 is 8.42 Å². The molecule has 0 radical (unpaired) electrons. The Balaban J connectivity index is 2.13. The monoisotopic (exact) mass is 331 g/mol. The quantitative estimate of drug-likeness (QED) is 0.787. The van der Waals surface area contributed by atoms with Crippen LogP contribution in [0.15, 0.2) is 17.2 Å². The highest BCUT2D eigenvalue weighted by Crippen LogP contribution is 2.22. The van der Waals surface area contributed by atoms with Gasteiger partial charge in [0.1, 0.15) is 4.90 Å². The van der Waals surface area contributed by atoms with Gasteiger partial charge in [0.2, 0.25) is 10.0 Å². The summed E-state index contributed by atoms with van der Waals surface area (Å²) in [6.45, 7) is 2.66. The van der Waals surface area contributed by atoms with Gasteiger partial charge in [-0.3, -0.25) is 0 Å². The molecule has 2 rings (SSSR count). The fourth-order valence-electron chi connectivity index (χ4n) is 2.18. The normalized spacial score (nSPS) is 17.4. The van der Waals surface area contributed by atoms with E-state index in [4.69, 9.17) is 0 Å². The van der Waals surface area contributed by atoms with Crippen LogP contribution in [0.5, 0.6) is 0 Å². The molecule has 0 aromatic carbocycles. The van der Waals surface area contributed by atoms with Crippen molar-refractivity contribution in [1.29, 1.82) is 0 Å². The van der Waals surface area contributed by atoms with E-state index in [-0.39, 0.29) is 6.04 Å². The zero-order chi connectivity index (χ0) is 15.6. The molecule has 1 saturated carbocycles. The van der Waals surface area contributed by atoms with Crippen molar-refractivity contribution in [2.24, 2.45) is 7.05 Å². The highest BCUT2D eigenvalue weighted by Gasteiger charge is 2.27. The first-order chi connectivity index (χ1) is 9.86. The largest absolute Gasteiger partial charge is 0.352 e. The molecule has 1 aromatic heterocycles. The van der Waals surface area contributed by atoms with Crippen LogP contribution in [-0.2, 0) is 23.6 Å². The number of aromatic nitrogens is 1. The van der Waals surface area contributed by atoms with Gasteiger partial charge in [0, 0.05) is 50.4 Å². The van der Waals surface area contributed by atoms with Crippen molar-refractivity contribution in [2.75, 3.05) is 19.1 Å². The maximum Gasteiger partial charge on any atom is 0.244 e. The Labute approximate surface area is 132 Å². The summed E-state index contributed by atoms with van der Waals surface area (Å²) >= 11 is 1.65. The molecule has 1 unspecified atom stereocenters. The smallest absolute Gasteiger partial charge is 0.244 e. The number of aryl methyl sites for hydroxylation is 1. The summed E-state index contributed by atoms with van der Waals surface area (Å²) in [6.07, 6.45) is 6.15. The summed E-state index contributed by atoms with van der Waals surface area (Å²) in [5.74, 6) is 0.790. The SMILES string of the molecule is CSCC(C)N(C)S(=O)(=O)c1cc(CNC2CC2)n(C)c1. The molecule has 0 spiro atoms. The minimum absolute atomic E-state index is 0.0155. The molecule has 1 aliphatic carbocycles. The van der Waals surface area contributed by atoms with Crippen LogP contribution in [0, 0.1) is 0 Å². The molecule has 0 aliphatic heterocycles. The van der Waals surface area contributed by atoms with Crippen molar-refractivity contribution in [2.45, 2.75) is 43.3 Å². The van der Waals surface area contributed by atoms with Crippen LogP contribution in [0.1, 0.15) is 25.5 Å². The second-order valence-electron chi connectivity index (χ2n) is 5.76. The van der Waals surface area contributed by atoms with Gasteiger partial charge in [0.25, 0.3) is 0 Å². The number of nitrogens with one attached hydrogen (secondary N) is 1. The van der Waals surface area contributed by atoms with Gasteiger partial charge in [0.15, 0.2) is 0 Å². The number of hydrogen-bond donors (Lipinski definition) is 1. The van der Waals surface area contributed by atoms with Crippen LogP contribution in [0.25, 0.3) is 0 Å². The van der Waals surface area contributed by atoms with E-state index in [0.717, 1.165) is 18.0 Å². The minimum atomic E-state index is -3.41. The fraction of sp³-hybridized carbons (Fsp3) is 0.714. The average Bonchev–Trinajstić information content (AvgIpc) is 3.18. The topological polar surface area (TPSA) is 54.3 Å². The predicted octanol–water partition coefficient (Wildman–Crippen LogP) is 1.65. The lowest BCUT2D eigenvalue weighted by Gasteiger charge is -2.23. The van der Waals surface area contributed by atoms with Gasteiger partial charge >= 0.3 is 0 Å². The van der Waals surface area contributed by atoms with E-state index in [1.54, 1.807) is 31.1 Å². The zero-order valence-corrected chi connectivity index (χ0v) is 14.8. The maximum absolute atomic E-state index is 12.6. The Kier molecular flexibility index (Phi) is 5.40. The molecule has 0 bridgehead atoms. The van der Waals surface area contributed by atoms with Crippen LogP contribution in [-0.4, -0.2) is 48.4 Å². The molecule has 7 heteroatoms. The lowest BCUT2D eigenvalue weighted by molar-refractivity contribution is 0.415. The van der Waals surface area contributed by atoms with Gasteiger partial charge in [-0.15, -0.1) is 0 Å². The number of hydrogen-bond acceptors (Lipinski definition) is 4. The molecule has 5 nitrogen and oxygen atoms in total. The maximum atomic E-state index is 12.6. The van der Waals surface area contributed by atoms with Crippen molar-refractivity contribution in [3.05, 3.63) is 18.0 Å². The van der Waals surface area contributed by atoms with Gasteiger partial charge in [-0.25, -0.2) is 8.42 Å². The van der Waals surface area contributed by atoms with Crippen LogP contribution >= 0.6 is 11.8 Å². The minimum Gasteiger partial charge on any atom is -0.352 e. The van der Waals surface area contributed by atoms with Gasteiger partial charge in [-0.1, -0.05) is 0 Å². The molecule has 21 heavy (non-hydrogen) atoms. The molecule has 1 atom stereocenters. The predicted molar refractivity (Wildman–Crippen MR) is 88.1 cm³/mol. The summed E-state index contributed by atoms with van der Waals surface area (Å²) in [6, 6.07) is 2.38. The first-order valence-electron chi connectivity index (χ1n) is 7.22. The molecule has 1 fully saturated rings. The van der Waals surface area contributed by atoms with E-state index in [1.165, 1.54) is 17.1 Å². The van der Waals surface area contributed by atoms with E-state index in [0.29, 0.717) is 10.9 Å². The summed E-state index contributed by atoms with van der Waals surface area (Å²) in [7, 11) is 0.142. The van der Waals surface area contributed by atoms with Gasteiger partial charge < -0.3 is 9.88 Å². The molecule has 1 N–H and O–H groups in total. The Hall–Kier alpha value is -0.500. The van der Waals surface area contributed by atoms with Crippen molar-refractivity contribution in [3.8, 4) is 0 Å². The molecule has 1 heterocycles. The third-order valence-electron chi connectivity index (χ3n) is 3.94. The Morgan fingerprint density at radius 3 is 2.76 bits per heavy atom. The molecule has 0 amide bonds. The van der Waals surface area contributed by atoms with Crippen LogP contribution < -0.4 is 5.32 Å². The lowest BCUT2D eigenvalue weighted by Crippen LogP contribution is -2.36. The van der Waals surface area contributed by atoms with Gasteiger partial charge in [-0.05, 0) is 32.1 Å². The van der Waals surface area contributed by atoms with Crippen LogP contribution in [0.2, 0.25) is 0 Å². The highest BCUT2D eigenvalue weighted by molar-refractivity contribution is 7.98. The number of nitrogens with zero attached hydrogens (tertiary/aromatic N) is 2. The van der Waals surface area contributed by atoms with E-state index in [1.807, 2.05) is 24.8 Å². The Morgan fingerprint density at radius 1 is 1.52 bits per heavy atom. The first kappa shape index (κ1) is 16.9. The molecule has 1 aromatic rings. The Bertz CT molecular complexity index is 579. The molecular formula is C14H25N3O2S2. The fourth-order valence-corrected chi connectivity index (χ4v) is 4.44. The zero-order valence-electron chi connectivity index (χ0n) is 13.2. The second-order valence-corrected chi connectivity index (χ2v) is 8.67. The number of sulfonamides is 1. The van der Waals surface area contributed by atoms with Gasteiger partial charge in [-0.2, -0.15) is 16.1 Å². The average molecular weight is 332 g/mol. The van der Waals surface area contributed by atoms with E-state index < -0.39 is 10.0 Å². The van der Waals surface area contributed by atoms with E-state index >= 15 is 0 Å². The van der Waals surface area contributed by atoms with Gasteiger partial charge in [0.05, 0.1) is 0 Å². The molecular weight excluding hydrogens is 306 g/mol. The summed E-state index contributed by atoms with van der Waals surface area (Å²) in [4.78, 5) is 0.382. The number of rotatable bonds is 8. The summed E-state index contributed by atoms with van der Waals surface area (Å²) in [5, 5.41) is 3.42. The molecule has 1 aliphatic rings. The first-order valence-corrected chi connectivity index (χ1v) is 10.0. The molecule has 0 saturated heterocycles.